The maximum absolute atomic E-state index is 12.4. The summed E-state index contributed by atoms with van der Waals surface area (Å²) >= 11 is 0. The highest BCUT2D eigenvalue weighted by atomic mass is 16.2. The number of benzene rings is 2. The van der Waals surface area contributed by atoms with Crippen LogP contribution in [-0.2, 0) is 0 Å². The van der Waals surface area contributed by atoms with E-state index in [0.717, 1.165) is 25.2 Å². The summed E-state index contributed by atoms with van der Waals surface area (Å²) in [6.07, 6.45) is 0. The molecule has 0 bridgehead atoms. The van der Waals surface area contributed by atoms with Crippen molar-refractivity contribution in [2.75, 3.05) is 37.2 Å². The summed E-state index contributed by atoms with van der Waals surface area (Å²) in [6, 6.07) is 12.1. The third-order valence-electron chi connectivity index (χ3n) is 4.52. The van der Waals surface area contributed by atoms with Gasteiger partial charge in [0.05, 0.1) is 0 Å². The first-order chi connectivity index (χ1) is 12.9. The minimum atomic E-state index is -0.226. The SMILES string of the molecule is CCN(CC)CCNC(=O)c1ccc(NC(=O)c2cc(N)ccc2C)cc1. The lowest BCUT2D eigenvalue weighted by Crippen LogP contribution is -2.34. The van der Waals surface area contributed by atoms with Gasteiger partial charge in [0.1, 0.15) is 0 Å². The number of anilines is 2. The smallest absolute Gasteiger partial charge is 0.256 e. The zero-order valence-corrected chi connectivity index (χ0v) is 16.2. The molecule has 2 aromatic carbocycles. The van der Waals surface area contributed by atoms with Gasteiger partial charge in [-0.05, 0) is 62.0 Å². The van der Waals surface area contributed by atoms with Gasteiger partial charge in [-0.15, -0.1) is 0 Å². The van der Waals surface area contributed by atoms with Gasteiger partial charge in [-0.3, -0.25) is 9.59 Å². The molecular weight excluding hydrogens is 340 g/mol. The summed E-state index contributed by atoms with van der Waals surface area (Å²) in [6.45, 7) is 9.42. The van der Waals surface area contributed by atoms with E-state index in [0.29, 0.717) is 29.0 Å². The van der Waals surface area contributed by atoms with Gasteiger partial charge in [0, 0.05) is 35.6 Å². The second-order valence-corrected chi connectivity index (χ2v) is 6.39. The summed E-state index contributed by atoms with van der Waals surface area (Å²) in [5.74, 6) is -0.345. The third kappa shape index (κ3) is 5.82. The van der Waals surface area contributed by atoms with E-state index in [1.807, 2.05) is 13.0 Å². The molecule has 0 aromatic heterocycles. The molecule has 0 saturated heterocycles. The second kappa shape index (κ2) is 9.73. The largest absolute Gasteiger partial charge is 0.399 e. The summed E-state index contributed by atoms with van der Waals surface area (Å²) < 4.78 is 0. The lowest BCUT2D eigenvalue weighted by molar-refractivity contribution is 0.0948. The molecule has 6 heteroatoms. The molecule has 0 fully saturated rings. The number of carbonyl (C=O) groups is 2. The van der Waals surface area contributed by atoms with Crippen molar-refractivity contribution in [3.05, 3.63) is 59.2 Å². The fraction of sp³-hybridized carbons (Fsp3) is 0.333. The van der Waals surface area contributed by atoms with Crippen LogP contribution in [0, 0.1) is 6.92 Å². The molecular formula is C21H28N4O2. The predicted octanol–water partition coefficient (Wildman–Crippen LogP) is 2.90. The Hall–Kier alpha value is -2.86. The van der Waals surface area contributed by atoms with Crippen LogP contribution in [0.3, 0.4) is 0 Å². The number of nitrogens with zero attached hydrogens (tertiary/aromatic N) is 1. The van der Waals surface area contributed by atoms with E-state index >= 15 is 0 Å². The van der Waals surface area contributed by atoms with Crippen molar-refractivity contribution >= 4 is 23.2 Å². The van der Waals surface area contributed by atoms with Gasteiger partial charge in [-0.2, -0.15) is 0 Å². The van der Waals surface area contributed by atoms with Crippen molar-refractivity contribution in [1.29, 1.82) is 0 Å². The van der Waals surface area contributed by atoms with E-state index < -0.39 is 0 Å². The van der Waals surface area contributed by atoms with Crippen LogP contribution in [0.4, 0.5) is 11.4 Å². The zero-order valence-electron chi connectivity index (χ0n) is 16.2. The summed E-state index contributed by atoms with van der Waals surface area (Å²) in [4.78, 5) is 26.9. The van der Waals surface area contributed by atoms with E-state index in [-0.39, 0.29) is 11.8 Å². The Morgan fingerprint density at radius 2 is 1.67 bits per heavy atom. The topological polar surface area (TPSA) is 87.5 Å². The first-order valence-electron chi connectivity index (χ1n) is 9.22. The third-order valence-corrected chi connectivity index (χ3v) is 4.52. The molecule has 2 amide bonds. The number of nitrogens with two attached hydrogens (primary N) is 1. The van der Waals surface area contributed by atoms with Gasteiger partial charge in [0.15, 0.2) is 0 Å². The fourth-order valence-electron chi connectivity index (χ4n) is 2.76. The Morgan fingerprint density at radius 3 is 2.30 bits per heavy atom. The number of aryl methyl sites for hydroxylation is 1. The fourth-order valence-corrected chi connectivity index (χ4v) is 2.76. The number of nitrogens with one attached hydrogen (secondary N) is 2. The highest BCUT2D eigenvalue weighted by Crippen LogP contribution is 2.16. The molecule has 4 N–H and O–H groups in total. The monoisotopic (exact) mass is 368 g/mol. The number of nitrogen functional groups attached to an aromatic ring is 1. The minimum Gasteiger partial charge on any atom is -0.399 e. The van der Waals surface area contributed by atoms with Crippen molar-refractivity contribution in [3.63, 3.8) is 0 Å². The molecule has 0 atom stereocenters. The number of hydrogen-bond acceptors (Lipinski definition) is 4. The molecule has 6 nitrogen and oxygen atoms in total. The average Bonchev–Trinajstić information content (AvgIpc) is 2.67. The van der Waals surface area contributed by atoms with Crippen LogP contribution < -0.4 is 16.4 Å². The van der Waals surface area contributed by atoms with Crippen molar-refractivity contribution in [2.24, 2.45) is 0 Å². The molecule has 0 aliphatic heterocycles. The standard InChI is InChI=1S/C21H28N4O2/c1-4-25(5-2)13-12-23-20(26)16-7-10-18(11-8-16)24-21(27)19-14-17(22)9-6-15(19)3/h6-11,14H,4-5,12-13,22H2,1-3H3,(H,23,26)(H,24,27). The van der Waals surface area contributed by atoms with Gasteiger partial charge >= 0.3 is 0 Å². The van der Waals surface area contributed by atoms with Crippen LogP contribution in [-0.4, -0.2) is 42.9 Å². The van der Waals surface area contributed by atoms with E-state index in [2.05, 4.69) is 29.4 Å². The summed E-state index contributed by atoms with van der Waals surface area (Å²) in [5.41, 5.74) is 8.88. The maximum atomic E-state index is 12.4. The molecule has 0 radical (unpaired) electrons. The molecule has 2 rings (SSSR count). The quantitative estimate of drug-likeness (QED) is 0.625. The number of hydrogen-bond donors (Lipinski definition) is 3. The predicted molar refractivity (Wildman–Crippen MR) is 110 cm³/mol. The molecule has 0 saturated carbocycles. The lowest BCUT2D eigenvalue weighted by Gasteiger charge is -2.18. The highest BCUT2D eigenvalue weighted by molar-refractivity contribution is 6.06. The number of likely N-dealkylation sites (N-methyl/N-ethyl adjacent to an activating group) is 1. The van der Waals surface area contributed by atoms with E-state index in [1.165, 1.54) is 0 Å². The number of rotatable bonds is 8. The Kier molecular flexibility index (Phi) is 7.37. The van der Waals surface area contributed by atoms with E-state index in [1.54, 1.807) is 36.4 Å². The zero-order chi connectivity index (χ0) is 19.8. The van der Waals surface area contributed by atoms with Crippen LogP contribution in [0.5, 0.6) is 0 Å². The Balaban J connectivity index is 1.93. The van der Waals surface area contributed by atoms with Gasteiger partial charge in [-0.1, -0.05) is 19.9 Å². The van der Waals surface area contributed by atoms with E-state index in [9.17, 15) is 9.59 Å². The molecule has 0 aliphatic rings. The van der Waals surface area contributed by atoms with Gasteiger partial charge in [-0.25, -0.2) is 0 Å². The summed E-state index contributed by atoms with van der Waals surface area (Å²) in [7, 11) is 0. The molecule has 0 unspecified atom stereocenters. The van der Waals surface area contributed by atoms with Crippen LogP contribution in [0.2, 0.25) is 0 Å². The van der Waals surface area contributed by atoms with Crippen LogP contribution in [0.15, 0.2) is 42.5 Å². The van der Waals surface area contributed by atoms with Gasteiger partial charge in [0.25, 0.3) is 11.8 Å². The number of amides is 2. The second-order valence-electron chi connectivity index (χ2n) is 6.39. The Morgan fingerprint density at radius 1 is 1.00 bits per heavy atom. The van der Waals surface area contributed by atoms with Crippen molar-refractivity contribution < 1.29 is 9.59 Å². The summed E-state index contributed by atoms with van der Waals surface area (Å²) in [5, 5.41) is 5.75. The normalized spacial score (nSPS) is 10.7. The molecule has 0 spiro atoms. The first-order valence-corrected chi connectivity index (χ1v) is 9.22. The van der Waals surface area contributed by atoms with Crippen LogP contribution in [0.1, 0.15) is 40.1 Å². The Labute approximate surface area is 160 Å². The van der Waals surface area contributed by atoms with E-state index in [4.69, 9.17) is 5.73 Å². The first kappa shape index (κ1) is 20.5. The maximum Gasteiger partial charge on any atom is 0.256 e. The van der Waals surface area contributed by atoms with Gasteiger partial charge in [0.2, 0.25) is 0 Å². The average molecular weight is 368 g/mol. The molecule has 0 heterocycles. The Bertz CT molecular complexity index is 783. The van der Waals surface area contributed by atoms with Crippen LogP contribution in [0.25, 0.3) is 0 Å². The van der Waals surface area contributed by atoms with Crippen molar-refractivity contribution in [1.82, 2.24) is 10.2 Å². The molecule has 2 aromatic rings. The number of carbonyl (C=O) groups excluding carboxylic acids is 2. The molecule has 0 aliphatic carbocycles. The van der Waals surface area contributed by atoms with Gasteiger partial charge < -0.3 is 21.3 Å². The highest BCUT2D eigenvalue weighted by Gasteiger charge is 2.11. The van der Waals surface area contributed by atoms with Crippen LogP contribution >= 0.6 is 0 Å². The van der Waals surface area contributed by atoms with Crippen molar-refractivity contribution in [2.45, 2.75) is 20.8 Å². The van der Waals surface area contributed by atoms with Crippen molar-refractivity contribution in [3.8, 4) is 0 Å². The molecule has 144 valence electrons. The molecule has 27 heavy (non-hydrogen) atoms. The minimum absolute atomic E-state index is 0.119. The lowest BCUT2D eigenvalue weighted by atomic mass is 10.1.